The highest BCUT2D eigenvalue weighted by Gasteiger charge is 2.20. The highest BCUT2D eigenvalue weighted by molar-refractivity contribution is 6.36. The van der Waals surface area contributed by atoms with Gasteiger partial charge in [-0.25, -0.2) is 0 Å². The fraction of sp³-hybridized carbons (Fsp3) is 0.100. The van der Waals surface area contributed by atoms with Crippen LogP contribution in [0.5, 0.6) is 0 Å². The molecule has 0 aliphatic heterocycles. The van der Waals surface area contributed by atoms with Gasteiger partial charge in [0.1, 0.15) is 0 Å². The third kappa shape index (κ3) is 2.58. The molecule has 0 saturated carbocycles. The van der Waals surface area contributed by atoms with Crippen LogP contribution in [0.15, 0.2) is 24.4 Å². The summed E-state index contributed by atoms with van der Waals surface area (Å²) in [5.41, 5.74) is 0.634. The summed E-state index contributed by atoms with van der Waals surface area (Å²) >= 11 is 17.7. The summed E-state index contributed by atoms with van der Waals surface area (Å²) in [4.78, 5) is 9.97. The topological polar surface area (TPSA) is 61.0 Å². The zero-order valence-electron chi connectivity index (χ0n) is 8.81. The molecule has 0 spiro atoms. The van der Waals surface area contributed by atoms with Crippen LogP contribution >= 0.6 is 34.8 Å². The predicted molar refractivity (Wildman–Crippen MR) is 69.5 cm³/mol. The van der Waals surface area contributed by atoms with Crippen LogP contribution in [0.1, 0.15) is 5.56 Å². The molecule has 8 heteroatoms. The predicted octanol–water partition coefficient (Wildman–Crippen LogP) is 3.80. The van der Waals surface area contributed by atoms with Gasteiger partial charge in [0.2, 0.25) is 0 Å². The molecule has 0 atom stereocenters. The number of rotatable bonds is 3. The second-order valence-corrected chi connectivity index (χ2v) is 4.68. The summed E-state index contributed by atoms with van der Waals surface area (Å²) in [5, 5.41) is 15.3. The zero-order valence-corrected chi connectivity index (χ0v) is 11.1. The lowest BCUT2D eigenvalue weighted by molar-refractivity contribution is -0.389. The first-order valence-electron chi connectivity index (χ1n) is 4.79. The highest BCUT2D eigenvalue weighted by Crippen LogP contribution is 2.27. The van der Waals surface area contributed by atoms with Crippen molar-refractivity contribution in [2.45, 2.75) is 6.54 Å². The molecule has 0 radical (unpaired) electrons. The van der Waals surface area contributed by atoms with Crippen molar-refractivity contribution in [3.05, 3.63) is 55.1 Å². The van der Waals surface area contributed by atoms with Gasteiger partial charge in [-0.15, -0.1) is 0 Å². The van der Waals surface area contributed by atoms with Crippen LogP contribution in [0.2, 0.25) is 15.1 Å². The summed E-state index contributed by atoms with van der Waals surface area (Å²) in [5.74, 6) is -0.389. The normalized spacial score (nSPS) is 10.6. The van der Waals surface area contributed by atoms with Crippen molar-refractivity contribution in [2.24, 2.45) is 0 Å². The smallest absolute Gasteiger partial charge is 0.358 e. The minimum absolute atomic E-state index is 0.0248. The Morgan fingerprint density at radius 3 is 2.33 bits per heavy atom. The number of aromatic nitrogens is 2. The summed E-state index contributed by atoms with van der Waals surface area (Å²) in [6, 6.07) is 5.08. The molecule has 94 valence electrons. The van der Waals surface area contributed by atoms with Gasteiger partial charge < -0.3 is 10.1 Å². The Balaban J connectivity index is 2.35. The van der Waals surface area contributed by atoms with Gasteiger partial charge in [-0.1, -0.05) is 40.9 Å². The Kier molecular flexibility index (Phi) is 3.75. The first kappa shape index (κ1) is 13.1. The van der Waals surface area contributed by atoms with E-state index in [9.17, 15) is 10.1 Å². The van der Waals surface area contributed by atoms with Crippen LogP contribution in [0.3, 0.4) is 0 Å². The van der Waals surface area contributed by atoms with Gasteiger partial charge in [0.25, 0.3) is 0 Å². The Morgan fingerprint density at radius 1 is 1.22 bits per heavy atom. The van der Waals surface area contributed by atoms with E-state index in [1.807, 2.05) is 0 Å². The summed E-state index contributed by atoms with van der Waals surface area (Å²) in [7, 11) is 0. The van der Waals surface area contributed by atoms with E-state index in [0.717, 1.165) is 0 Å². The first-order valence-corrected chi connectivity index (χ1v) is 5.92. The van der Waals surface area contributed by atoms with Crippen LogP contribution < -0.4 is 0 Å². The van der Waals surface area contributed by atoms with E-state index >= 15 is 0 Å². The van der Waals surface area contributed by atoms with Gasteiger partial charge in [-0.3, -0.25) is 0 Å². The fourth-order valence-corrected chi connectivity index (χ4v) is 2.17. The molecule has 0 amide bonds. The molecule has 0 bridgehead atoms. The van der Waals surface area contributed by atoms with Crippen LogP contribution in [0.25, 0.3) is 0 Å². The lowest BCUT2D eigenvalue weighted by atomic mass is 10.2. The second-order valence-electron chi connectivity index (χ2n) is 3.46. The number of hydrogen-bond donors (Lipinski definition) is 0. The number of halogens is 3. The lowest BCUT2D eigenvalue weighted by Gasteiger charge is -2.04. The van der Waals surface area contributed by atoms with Gasteiger partial charge in [0.15, 0.2) is 5.02 Å². The van der Waals surface area contributed by atoms with Crippen molar-refractivity contribution in [1.82, 2.24) is 9.78 Å². The van der Waals surface area contributed by atoms with Gasteiger partial charge in [-0.05, 0) is 17.1 Å². The molecule has 1 aromatic heterocycles. The third-order valence-electron chi connectivity index (χ3n) is 2.25. The van der Waals surface area contributed by atoms with Crippen molar-refractivity contribution >= 4 is 40.6 Å². The largest absolute Gasteiger partial charge is 0.408 e. The molecule has 18 heavy (non-hydrogen) atoms. The average molecular weight is 307 g/mol. The standard InChI is InChI=1S/C10H6Cl3N3O2/c11-7-2-1-3-8(12)6(7)4-15-5-9(13)10(14-15)16(17)18/h1-3,5H,4H2. The molecule has 2 aromatic rings. The molecule has 1 heterocycles. The minimum atomic E-state index is -0.646. The van der Waals surface area contributed by atoms with Crippen molar-refractivity contribution in [2.75, 3.05) is 0 Å². The zero-order chi connectivity index (χ0) is 13.3. The van der Waals surface area contributed by atoms with Crippen molar-refractivity contribution in [3.63, 3.8) is 0 Å². The van der Waals surface area contributed by atoms with Crippen LogP contribution in [0, 0.1) is 10.1 Å². The highest BCUT2D eigenvalue weighted by atomic mass is 35.5. The molecule has 0 aliphatic rings. The Labute approximate surface area is 117 Å². The van der Waals surface area contributed by atoms with E-state index in [2.05, 4.69) is 5.10 Å². The molecular formula is C10H6Cl3N3O2. The van der Waals surface area contributed by atoms with E-state index in [1.165, 1.54) is 10.9 Å². The summed E-state index contributed by atoms with van der Waals surface area (Å²) in [6.07, 6.45) is 1.36. The van der Waals surface area contributed by atoms with Crippen molar-refractivity contribution in [1.29, 1.82) is 0 Å². The monoisotopic (exact) mass is 305 g/mol. The molecule has 0 unspecified atom stereocenters. The molecule has 2 rings (SSSR count). The van der Waals surface area contributed by atoms with Crippen LogP contribution in [0.4, 0.5) is 5.82 Å². The molecule has 0 fully saturated rings. The van der Waals surface area contributed by atoms with E-state index in [4.69, 9.17) is 34.8 Å². The maximum absolute atomic E-state index is 10.6. The van der Waals surface area contributed by atoms with E-state index in [0.29, 0.717) is 15.6 Å². The van der Waals surface area contributed by atoms with Gasteiger partial charge >= 0.3 is 5.82 Å². The number of nitro groups is 1. The number of nitrogens with zero attached hydrogens (tertiary/aromatic N) is 3. The Hall–Kier alpha value is -1.30. The quantitative estimate of drug-likeness (QED) is 0.640. The van der Waals surface area contributed by atoms with Crippen molar-refractivity contribution in [3.8, 4) is 0 Å². The Bertz CT molecular complexity index is 592. The molecule has 0 N–H and O–H groups in total. The maximum Gasteiger partial charge on any atom is 0.408 e. The van der Waals surface area contributed by atoms with Crippen LogP contribution in [-0.4, -0.2) is 14.7 Å². The molecular weight excluding hydrogens is 300 g/mol. The van der Waals surface area contributed by atoms with Gasteiger partial charge in [-0.2, -0.15) is 4.68 Å². The maximum atomic E-state index is 10.6. The summed E-state index contributed by atoms with van der Waals surface area (Å²) < 4.78 is 1.33. The second kappa shape index (κ2) is 5.14. The van der Waals surface area contributed by atoms with Crippen LogP contribution in [-0.2, 0) is 6.54 Å². The SMILES string of the molecule is O=[N+]([O-])c1nn(Cc2c(Cl)cccc2Cl)cc1Cl. The Morgan fingerprint density at radius 2 is 1.83 bits per heavy atom. The third-order valence-corrected chi connectivity index (χ3v) is 3.23. The van der Waals surface area contributed by atoms with E-state index in [-0.39, 0.29) is 17.4 Å². The van der Waals surface area contributed by atoms with Gasteiger partial charge in [0, 0.05) is 15.6 Å². The lowest BCUT2D eigenvalue weighted by Crippen LogP contribution is -2.02. The van der Waals surface area contributed by atoms with E-state index < -0.39 is 4.92 Å². The molecule has 1 aromatic carbocycles. The molecule has 5 nitrogen and oxygen atoms in total. The molecule has 0 saturated heterocycles. The van der Waals surface area contributed by atoms with Gasteiger partial charge in [0.05, 0.1) is 17.8 Å². The first-order chi connectivity index (χ1) is 8.49. The fourth-order valence-electron chi connectivity index (χ4n) is 1.44. The number of benzene rings is 1. The number of hydrogen-bond acceptors (Lipinski definition) is 3. The van der Waals surface area contributed by atoms with E-state index in [1.54, 1.807) is 18.2 Å². The average Bonchev–Trinajstić information content (AvgIpc) is 2.65. The minimum Gasteiger partial charge on any atom is -0.358 e. The molecule has 0 aliphatic carbocycles. The summed E-state index contributed by atoms with van der Waals surface area (Å²) in [6.45, 7) is 0.214. The van der Waals surface area contributed by atoms with Crippen molar-refractivity contribution < 1.29 is 4.92 Å².